The highest BCUT2D eigenvalue weighted by Gasteiger charge is 2.29. The van der Waals surface area contributed by atoms with E-state index in [1.807, 2.05) is 78.9 Å². The van der Waals surface area contributed by atoms with Crippen molar-refractivity contribution >= 4 is 17.8 Å². The highest BCUT2D eigenvalue weighted by atomic mass is 16.5. The molecule has 45 heavy (non-hydrogen) atoms. The van der Waals surface area contributed by atoms with E-state index in [1.54, 1.807) is 7.11 Å². The molecule has 4 rings (SSSR count). The van der Waals surface area contributed by atoms with E-state index in [-0.39, 0.29) is 25.4 Å². The van der Waals surface area contributed by atoms with Gasteiger partial charge in [0.1, 0.15) is 6.04 Å². The molecule has 0 aromatic heterocycles. The lowest BCUT2D eigenvalue weighted by Crippen LogP contribution is -2.51. The molecule has 4 aromatic rings. The number of nitrogens with one attached hydrogen (secondary N) is 2. The molecule has 0 saturated heterocycles. The first-order valence-electron chi connectivity index (χ1n) is 15.4. The number of carbonyl (C=O) groups is 3. The van der Waals surface area contributed by atoms with E-state index < -0.39 is 29.9 Å². The van der Waals surface area contributed by atoms with Gasteiger partial charge in [-0.3, -0.25) is 14.4 Å². The number of carboxylic acids is 1. The van der Waals surface area contributed by atoms with Crippen molar-refractivity contribution in [2.24, 2.45) is 5.92 Å². The quantitative estimate of drug-likeness (QED) is 0.139. The average molecular weight is 607 g/mol. The number of hydrogen-bond acceptors (Lipinski definition) is 4. The van der Waals surface area contributed by atoms with E-state index in [1.165, 1.54) is 5.56 Å². The lowest BCUT2D eigenvalue weighted by molar-refractivity contribution is -0.141. The van der Waals surface area contributed by atoms with E-state index in [4.69, 9.17) is 4.74 Å². The molecule has 234 valence electrons. The maximum atomic E-state index is 13.6. The van der Waals surface area contributed by atoms with Crippen LogP contribution in [0.15, 0.2) is 109 Å². The first-order valence-corrected chi connectivity index (χ1v) is 15.4. The average Bonchev–Trinajstić information content (AvgIpc) is 3.05. The van der Waals surface area contributed by atoms with Gasteiger partial charge < -0.3 is 20.5 Å². The number of amides is 2. The molecule has 3 atom stereocenters. The Balaban J connectivity index is 1.44. The summed E-state index contributed by atoms with van der Waals surface area (Å²) in [7, 11) is 1.57. The molecule has 2 amide bonds. The molecule has 0 saturated carbocycles. The Hall–Kier alpha value is -4.75. The number of aliphatic carboxylic acids is 1. The number of benzene rings is 4. The van der Waals surface area contributed by atoms with Crippen LogP contribution in [0.4, 0.5) is 0 Å². The lowest BCUT2D eigenvalue weighted by atomic mass is 9.93. The monoisotopic (exact) mass is 606 g/mol. The molecule has 0 aliphatic rings. The zero-order valence-electron chi connectivity index (χ0n) is 25.9. The summed E-state index contributed by atoms with van der Waals surface area (Å²) < 4.78 is 5.37. The molecular weight excluding hydrogens is 564 g/mol. The van der Waals surface area contributed by atoms with Crippen molar-refractivity contribution in [2.45, 2.75) is 51.1 Å². The molecule has 0 aliphatic heterocycles. The normalized spacial score (nSPS) is 12.9. The maximum absolute atomic E-state index is 13.6. The first kappa shape index (κ1) is 33.1. The van der Waals surface area contributed by atoms with Crippen LogP contribution in [0.25, 0.3) is 11.1 Å². The summed E-state index contributed by atoms with van der Waals surface area (Å²) in [5, 5.41) is 15.6. The van der Waals surface area contributed by atoms with Gasteiger partial charge in [0.15, 0.2) is 0 Å². The Morgan fingerprint density at radius 3 is 2.04 bits per heavy atom. The molecule has 0 bridgehead atoms. The fourth-order valence-electron chi connectivity index (χ4n) is 5.61. The standard InChI is InChI=1S/C38H42N2O5/c1-27-23-29(21-22-33(27)30-16-8-4-9-17-30)15-12-20-32(25-36(41)42)37(43)39-34(24-28-13-6-3-7-14-28)38(44)40-35(26-45-2)31-18-10-5-11-19-31/h3-11,13-14,16-19,21-23,32,34-35H,12,15,20,24-26H2,1-2H3,(H,39,43)(H,40,44)(H,41,42)/t32-,34+,35-/m1/s1. The Labute approximate surface area is 265 Å². The maximum Gasteiger partial charge on any atom is 0.304 e. The molecular formula is C38H42N2O5. The van der Waals surface area contributed by atoms with Crippen LogP contribution in [0.5, 0.6) is 0 Å². The molecule has 0 heterocycles. The second-order valence-corrected chi connectivity index (χ2v) is 11.4. The van der Waals surface area contributed by atoms with Gasteiger partial charge >= 0.3 is 5.97 Å². The van der Waals surface area contributed by atoms with Crippen LogP contribution in [0.1, 0.15) is 47.6 Å². The fraction of sp³-hybridized carbons (Fsp3) is 0.289. The van der Waals surface area contributed by atoms with Crippen LogP contribution in [-0.2, 0) is 32.0 Å². The minimum atomic E-state index is -1.05. The molecule has 0 radical (unpaired) electrons. The number of carbonyl (C=O) groups excluding carboxylic acids is 2. The van der Waals surface area contributed by atoms with Crippen molar-refractivity contribution in [3.05, 3.63) is 131 Å². The third-order valence-corrected chi connectivity index (χ3v) is 7.95. The van der Waals surface area contributed by atoms with E-state index in [9.17, 15) is 19.5 Å². The summed E-state index contributed by atoms with van der Waals surface area (Å²) >= 11 is 0. The molecule has 7 nitrogen and oxygen atoms in total. The third-order valence-electron chi connectivity index (χ3n) is 7.95. The molecule has 4 aromatic carbocycles. The van der Waals surface area contributed by atoms with Gasteiger partial charge in [0.05, 0.1) is 19.1 Å². The Bertz CT molecular complexity index is 1530. The van der Waals surface area contributed by atoms with E-state index in [2.05, 4.69) is 47.9 Å². The number of aryl methyl sites for hydroxylation is 2. The van der Waals surface area contributed by atoms with Crippen LogP contribution in [0.2, 0.25) is 0 Å². The summed E-state index contributed by atoms with van der Waals surface area (Å²) in [5.41, 5.74) is 6.39. The van der Waals surface area contributed by atoms with Crippen LogP contribution in [0, 0.1) is 12.8 Å². The molecule has 0 spiro atoms. The van der Waals surface area contributed by atoms with Crippen molar-refractivity contribution in [1.29, 1.82) is 0 Å². The topological polar surface area (TPSA) is 105 Å². The smallest absolute Gasteiger partial charge is 0.304 e. The van der Waals surface area contributed by atoms with Crippen LogP contribution >= 0.6 is 0 Å². The first-order chi connectivity index (χ1) is 21.8. The number of hydrogen-bond donors (Lipinski definition) is 3. The SMILES string of the molecule is COC[C@@H](NC(=O)[C@H](Cc1ccccc1)NC(=O)[C@H](CCCc1ccc(-c2ccccc2)c(C)c1)CC(=O)O)c1ccccc1. The van der Waals surface area contributed by atoms with Gasteiger partial charge in [-0.05, 0) is 59.6 Å². The molecule has 0 fully saturated rings. The Morgan fingerprint density at radius 1 is 0.778 bits per heavy atom. The van der Waals surface area contributed by atoms with Crippen LogP contribution in [0.3, 0.4) is 0 Å². The largest absolute Gasteiger partial charge is 0.481 e. The number of rotatable bonds is 16. The lowest BCUT2D eigenvalue weighted by Gasteiger charge is -2.25. The predicted octanol–water partition coefficient (Wildman–Crippen LogP) is 6.31. The number of ether oxygens (including phenoxy) is 1. The van der Waals surface area contributed by atoms with E-state index in [0.717, 1.165) is 27.8 Å². The molecule has 7 heteroatoms. The summed E-state index contributed by atoms with van der Waals surface area (Å²) in [6.07, 6.45) is 1.68. The predicted molar refractivity (Wildman–Crippen MR) is 177 cm³/mol. The van der Waals surface area contributed by atoms with Crippen molar-refractivity contribution in [1.82, 2.24) is 10.6 Å². The van der Waals surface area contributed by atoms with Crippen molar-refractivity contribution in [3.8, 4) is 11.1 Å². The van der Waals surface area contributed by atoms with Gasteiger partial charge in [-0.2, -0.15) is 0 Å². The van der Waals surface area contributed by atoms with E-state index in [0.29, 0.717) is 19.3 Å². The van der Waals surface area contributed by atoms with Gasteiger partial charge in [0, 0.05) is 19.4 Å². The highest BCUT2D eigenvalue weighted by molar-refractivity contribution is 5.90. The van der Waals surface area contributed by atoms with Crippen molar-refractivity contribution in [2.75, 3.05) is 13.7 Å². The summed E-state index contributed by atoms with van der Waals surface area (Å²) in [5.74, 6) is -2.62. The van der Waals surface area contributed by atoms with Gasteiger partial charge in [0.25, 0.3) is 0 Å². The van der Waals surface area contributed by atoms with Crippen LogP contribution < -0.4 is 10.6 Å². The fourth-order valence-corrected chi connectivity index (χ4v) is 5.61. The zero-order chi connectivity index (χ0) is 32.0. The summed E-state index contributed by atoms with van der Waals surface area (Å²) in [6, 6.07) is 34.2. The molecule has 3 N–H and O–H groups in total. The molecule has 0 unspecified atom stereocenters. The summed E-state index contributed by atoms with van der Waals surface area (Å²) in [6.45, 7) is 2.34. The van der Waals surface area contributed by atoms with Gasteiger partial charge in [-0.1, -0.05) is 109 Å². The zero-order valence-corrected chi connectivity index (χ0v) is 25.9. The van der Waals surface area contributed by atoms with Gasteiger partial charge in [0.2, 0.25) is 11.8 Å². The second kappa shape index (κ2) is 16.9. The Kier molecular flexibility index (Phi) is 12.5. The van der Waals surface area contributed by atoms with Crippen molar-refractivity contribution in [3.63, 3.8) is 0 Å². The van der Waals surface area contributed by atoms with Gasteiger partial charge in [-0.15, -0.1) is 0 Å². The third kappa shape index (κ3) is 10.2. The van der Waals surface area contributed by atoms with Crippen molar-refractivity contribution < 1.29 is 24.2 Å². The highest BCUT2D eigenvalue weighted by Crippen LogP contribution is 2.25. The number of carboxylic acid groups (broad SMARTS) is 1. The van der Waals surface area contributed by atoms with Crippen LogP contribution in [-0.4, -0.2) is 42.6 Å². The minimum absolute atomic E-state index is 0.259. The minimum Gasteiger partial charge on any atom is -0.481 e. The van der Waals surface area contributed by atoms with E-state index >= 15 is 0 Å². The Morgan fingerprint density at radius 2 is 1.42 bits per heavy atom. The second-order valence-electron chi connectivity index (χ2n) is 11.4. The number of methoxy groups -OCH3 is 1. The van der Waals surface area contributed by atoms with Gasteiger partial charge in [-0.25, -0.2) is 0 Å². The summed E-state index contributed by atoms with van der Waals surface area (Å²) in [4.78, 5) is 39.0. The molecule has 0 aliphatic carbocycles.